The summed E-state index contributed by atoms with van der Waals surface area (Å²) in [5.41, 5.74) is 0. The molecule has 0 aromatic carbocycles. The summed E-state index contributed by atoms with van der Waals surface area (Å²) in [6.45, 7) is 6.85. The smallest absolute Gasteiger partial charge is 0.756 e. The van der Waals surface area contributed by atoms with Gasteiger partial charge >= 0.3 is 37.7 Å². The third-order valence-electron chi connectivity index (χ3n) is 1.15. The molecule has 0 fully saturated rings. The number of phosphoric ester groups is 2. The van der Waals surface area contributed by atoms with Crippen LogP contribution in [0.25, 0.3) is 0 Å². The molecule has 19 heavy (non-hydrogen) atoms. The predicted molar refractivity (Wildman–Crippen MR) is 67.5 cm³/mol. The summed E-state index contributed by atoms with van der Waals surface area (Å²) < 4.78 is 37.8. The molecule has 0 rings (SSSR count). The molecule has 112 valence electrons. The maximum Gasteiger partial charge on any atom is 2.00 e. The molecule has 0 saturated carbocycles. The van der Waals surface area contributed by atoms with E-state index < -0.39 is 15.6 Å². The molecule has 8 nitrogen and oxygen atoms in total. The zero-order valence-corrected chi connectivity index (χ0v) is 15.7. The van der Waals surface area contributed by atoms with Crippen LogP contribution in [-0.4, -0.2) is 64.2 Å². The van der Waals surface area contributed by atoms with Gasteiger partial charge in [0, 0.05) is 0 Å². The largest absolute Gasteiger partial charge is 2.00 e. The van der Waals surface area contributed by atoms with Gasteiger partial charge in [0.15, 0.2) is 0 Å². The van der Waals surface area contributed by atoms with E-state index >= 15 is 0 Å². The molecule has 0 spiro atoms. The molecule has 0 radical (unpaired) electrons. The van der Waals surface area contributed by atoms with E-state index in [9.17, 15) is 18.9 Å². The fraction of sp³-hybridized carbons (Fsp3) is 1.00. The summed E-state index contributed by atoms with van der Waals surface area (Å²) in [6.07, 6.45) is 0. The van der Waals surface area contributed by atoms with Crippen molar-refractivity contribution in [1.29, 1.82) is 0 Å². The third kappa shape index (κ3) is 19.5. The van der Waals surface area contributed by atoms with Crippen LogP contribution in [0.15, 0.2) is 0 Å². The summed E-state index contributed by atoms with van der Waals surface area (Å²) in [6, 6.07) is 0. The van der Waals surface area contributed by atoms with E-state index in [1.165, 1.54) is 0 Å². The van der Waals surface area contributed by atoms with Crippen LogP contribution in [0.2, 0.25) is 0 Å². The zero-order chi connectivity index (χ0) is 14.7. The second-order valence-electron chi connectivity index (χ2n) is 2.57. The monoisotopic (exact) mass is 346 g/mol. The first kappa shape index (κ1) is 25.4. The van der Waals surface area contributed by atoms with Crippen molar-refractivity contribution in [2.45, 2.75) is 27.7 Å². The number of hydrogen-bond donors (Lipinski definition) is 0. The summed E-state index contributed by atoms with van der Waals surface area (Å²) in [4.78, 5) is 20.8. The fourth-order valence-corrected chi connectivity index (χ4v) is 2.12. The Kier molecular flexibility index (Phi) is 19.3. The molecule has 0 heterocycles. The minimum atomic E-state index is -3.94. The molecular formula is C8H20CaO8P2. The van der Waals surface area contributed by atoms with Crippen molar-refractivity contribution in [2.75, 3.05) is 26.4 Å². The Morgan fingerprint density at radius 3 is 0.947 bits per heavy atom. The van der Waals surface area contributed by atoms with Crippen LogP contribution in [0.1, 0.15) is 27.7 Å². The Morgan fingerprint density at radius 2 is 0.842 bits per heavy atom. The van der Waals surface area contributed by atoms with Crippen LogP contribution in [0.3, 0.4) is 0 Å². The Bertz CT molecular complexity index is 240. The first-order valence-electron chi connectivity index (χ1n) is 5.44. The van der Waals surface area contributed by atoms with Gasteiger partial charge in [-0.05, 0) is 27.7 Å². The second kappa shape index (κ2) is 14.4. The standard InChI is InChI=1S/2C4H11O4P.Ca/c2*1-3-7-9(5,6)8-4-2;/h2*3-4H2,1-2H3,(H,5,6);/q;;+2/p-2. The van der Waals surface area contributed by atoms with Crippen LogP contribution in [0.5, 0.6) is 0 Å². The number of phosphoric acid groups is 2. The van der Waals surface area contributed by atoms with Gasteiger partial charge < -0.3 is 27.9 Å². The van der Waals surface area contributed by atoms with Crippen LogP contribution in [0, 0.1) is 0 Å². The summed E-state index contributed by atoms with van der Waals surface area (Å²) >= 11 is 0. The Labute approximate surface area is 144 Å². The quantitative estimate of drug-likeness (QED) is 0.465. The van der Waals surface area contributed by atoms with E-state index in [0.29, 0.717) is 0 Å². The van der Waals surface area contributed by atoms with Crippen molar-refractivity contribution in [3.8, 4) is 0 Å². The molecule has 0 aliphatic heterocycles. The number of rotatable bonds is 8. The molecule has 0 amide bonds. The Balaban J connectivity index is -0.000000256. The molecular weight excluding hydrogens is 326 g/mol. The van der Waals surface area contributed by atoms with Crippen LogP contribution >= 0.6 is 15.6 Å². The van der Waals surface area contributed by atoms with Crippen molar-refractivity contribution in [3.63, 3.8) is 0 Å². The van der Waals surface area contributed by atoms with E-state index in [2.05, 4.69) is 18.1 Å². The minimum Gasteiger partial charge on any atom is -0.756 e. The van der Waals surface area contributed by atoms with Crippen molar-refractivity contribution in [3.05, 3.63) is 0 Å². The maximum absolute atomic E-state index is 10.4. The molecule has 0 aromatic rings. The van der Waals surface area contributed by atoms with Gasteiger partial charge in [0.1, 0.15) is 0 Å². The molecule has 0 aliphatic rings. The third-order valence-corrected chi connectivity index (χ3v) is 3.45. The Morgan fingerprint density at radius 1 is 0.684 bits per heavy atom. The van der Waals surface area contributed by atoms with E-state index in [1.807, 2.05) is 0 Å². The summed E-state index contributed by atoms with van der Waals surface area (Å²) in [7, 11) is -7.89. The molecule has 0 unspecified atom stereocenters. The van der Waals surface area contributed by atoms with Gasteiger partial charge in [-0.25, -0.2) is 0 Å². The minimum absolute atomic E-state index is 0. The number of hydrogen-bond acceptors (Lipinski definition) is 8. The van der Waals surface area contributed by atoms with Crippen molar-refractivity contribution in [2.24, 2.45) is 0 Å². The molecule has 0 bridgehead atoms. The molecule has 0 aliphatic carbocycles. The second-order valence-corrected chi connectivity index (χ2v) is 5.39. The van der Waals surface area contributed by atoms with Gasteiger partial charge in [-0.15, -0.1) is 0 Å². The Hall–Kier alpha value is 1.48. The average molecular weight is 346 g/mol. The van der Waals surface area contributed by atoms with E-state index in [0.717, 1.165) is 0 Å². The first-order chi connectivity index (χ1) is 8.24. The fourth-order valence-electron chi connectivity index (χ4n) is 0.707. The zero-order valence-electron chi connectivity index (χ0n) is 11.7. The molecule has 0 saturated heterocycles. The SMILES string of the molecule is CCOP(=O)([O-])OCC.CCOP(=O)([O-])OCC.[Ca+2]. The van der Waals surface area contributed by atoms with Crippen molar-refractivity contribution < 1.29 is 37.0 Å². The maximum atomic E-state index is 10.4. The van der Waals surface area contributed by atoms with Gasteiger partial charge in [-0.2, -0.15) is 0 Å². The van der Waals surface area contributed by atoms with Crippen LogP contribution in [0.4, 0.5) is 0 Å². The van der Waals surface area contributed by atoms with E-state index in [1.54, 1.807) is 27.7 Å². The predicted octanol–water partition coefficient (Wildman–Crippen LogP) is 0.675. The average Bonchev–Trinajstić information content (AvgIpc) is 2.17. The molecule has 0 atom stereocenters. The van der Waals surface area contributed by atoms with E-state index in [-0.39, 0.29) is 64.2 Å². The van der Waals surface area contributed by atoms with Crippen LogP contribution < -0.4 is 9.79 Å². The van der Waals surface area contributed by atoms with Gasteiger partial charge in [0.2, 0.25) is 0 Å². The molecule has 11 heteroatoms. The van der Waals surface area contributed by atoms with E-state index in [4.69, 9.17) is 0 Å². The van der Waals surface area contributed by atoms with Gasteiger partial charge in [0.05, 0.1) is 26.4 Å². The first-order valence-corrected chi connectivity index (χ1v) is 8.36. The molecule has 0 aromatic heterocycles. The van der Waals surface area contributed by atoms with Gasteiger partial charge in [0.25, 0.3) is 15.6 Å². The van der Waals surface area contributed by atoms with Crippen molar-refractivity contribution >= 4 is 53.4 Å². The topological polar surface area (TPSA) is 117 Å². The van der Waals surface area contributed by atoms with Gasteiger partial charge in [-0.3, -0.25) is 9.13 Å². The normalized spacial score (nSPS) is 11.3. The van der Waals surface area contributed by atoms with Gasteiger partial charge in [-0.1, -0.05) is 0 Å². The van der Waals surface area contributed by atoms with Crippen LogP contribution in [-0.2, 0) is 27.2 Å². The summed E-state index contributed by atoms with van der Waals surface area (Å²) in [5, 5.41) is 0. The van der Waals surface area contributed by atoms with Crippen molar-refractivity contribution in [1.82, 2.24) is 0 Å². The summed E-state index contributed by atoms with van der Waals surface area (Å²) in [5.74, 6) is 0. The molecule has 0 N–H and O–H groups in total.